The topological polar surface area (TPSA) is 26.0 Å². The first-order valence-corrected chi connectivity index (χ1v) is 6.95. The summed E-state index contributed by atoms with van der Waals surface area (Å²) < 4.78 is 0. The number of rotatable bonds is 5. The van der Waals surface area contributed by atoms with E-state index in [2.05, 4.69) is 62.4 Å². The monoisotopic (exact) mass is 253 g/mol. The Morgan fingerprint density at radius 2 is 1.42 bits per heavy atom. The zero-order valence-corrected chi connectivity index (χ0v) is 11.9. The van der Waals surface area contributed by atoms with Gasteiger partial charge in [-0.15, -0.1) is 0 Å². The highest BCUT2D eigenvalue weighted by molar-refractivity contribution is 5.63. The van der Waals surface area contributed by atoms with E-state index in [0.717, 1.165) is 19.4 Å². The van der Waals surface area contributed by atoms with E-state index in [-0.39, 0.29) is 5.41 Å². The highest BCUT2D eigenvalue weighted by Crippen LogP contribution is 2.27. The van der Waals surface area contributed by atoms with Gasteiger partial charge in [-0.05, 0) is 41.5 Å². The number of benzene rings is 2. The van der Waals surface area contributed by atoms with Crippen molar-refractivity contribution >= 4 is 0 Å². The summed E-state index contributed by atoms with van der Waals surface area (Å²) in [5.74, 6) is 0. The molecule has 0 saturated heterocycles. The molecule has 19 heavy (non-hydrogen) atoms. The van der Waals surface area contributed by atoms with Gasteiger partial charge in [0.1, 0.15) is 0 Å². The Hall–Kier alpha value is -1.60. The minimum atomic E-state index is 0.281. The molecule has 0 spiro atoms. The summed E-state index contributed by atoms with van der Waals surface area (Å²) >= 11 is 0. The quantitative estimate of drug-likeness (QED) is 0.846. The average molecular weight is 253 g/mol. The molecule has 0 aliphatic rings. The molecule has 0 aromatic heterocycles. The predicted octanol–water partition coefficient (Wildman–Crippen LogP) is 4.27. The zero-order chi connectivity index (χ0) is 13.7. The number of hydrogen-bond donors (Lipinski definition) is 1. The second kappa shape index (κ2) is 6.03. The fraction of sp³-hybridized carbons (Fsp3) is 0.333. The third-order valence-electron chi connectivity index (χ3n) is 3.56. The largest absolute Gasteiger partial charge is 0.330 e. The van der Waals surface area contributed by atoms with Gasteiger partial charge in [0.15, 0.2) is 0 Å². The standard InChI is InChI=1S/C18H23N/c1-18(2,12-13-19)14-15-8-10-17(11-9-15)16-6-4-3-5-7-16/h3-11H,12-14,19H2,1-2H3. The molecule has 2 aromatic carbocycles. The normalized spacial score (nSPS) is 11.5. The van der Waals surface area contributed by atoms with Crippen molar-refractivity contribution in [2.75, 3.05) is 6.54 Å². The molecule has 0 unspecified atom stereocenters. The SMILES string of the molecule is CC(C)(CCN)Cc1ccc(-c2ccccc2)cc1. The van der Waals surface area contributed by atoms with Gasteiger partial charge in [0.2, 0.25) is 0 Å². The van der Waals surface area contributed by atoms with Gasteiger partial charge in [0, 0.05) is 0 Å². The third kappa shape index (κ3) is 3.93. The van der Waals surface area contributed by atoms with Gasteiger partial charge in [-0.1, -0.05) is 68.4 Å². The Balaban J connectivity index is 2.11. The Morgan fingerprint density at radius 1 is 0.842 bits per heavy atom. The first-order chi connectivity index (χ1) is 9.11. The summed E-state index contributed by atoms with van der Waals surface area (Å²) in [5, 5.41) is 0. The van der Waals surface area contributed by atoms with Crippen LogP contribution in [0.25, 0.3) is 11.1 Å². The van der Waals surface area contributed by atoms with Crippen molar-refractivity contribution in [2.45, 2.75) is 26.7 Å². The minimum absolute atomic E-state index is 0.281. The van der Waals surface area contributed by atoms with Crippen LogP contribution in [-0.4, -0.2) is 6.54 Å². The van der Waals surface area contributed by atoms with Crippen LogP contribution in [-0.2, 0) is 6.42 Å². The molecule has 0 saturated carbocycles. The molecule has 0 aliphatic heterocycles. The lowest BCUT2D eigenvalue weighted by molar-refractivity contribution is 0.339. The molecule has 1 nitrogen and oxygen atoms in total. The van der Waals surface area contributed by atoms with Gasteiger partial charge in [-0.25, -0.2) is 0 Å². The van der Waals surface area contributed by atoms with Gasteiger partial charge in [-0.3, -0.25) is 0 Å². The van der Waals surface area contributed by atoms with E-state index in [1.54, 1.807) is 0 Å². The van der Waals surface area contributed by atoms with E-state index >= 15 is 0 Å². The van der Waals surface area contributed by atoms with Gasteiger partial charge in [0.25, 0.3) is 0 Å². The smallest absolute Gasteiger partial charge is 0.00721 e. The van der Waals surface area contributed by atoms with E-state index in [1.807, 2.05) is 6.07 Å². The lowest BCUT2D eigenvalue weighted by atomic mass is 9.82. The van der Waals surface area contributed by atoms with E-state index in [4.69, 9.17) is 5.73 Å². The van der Waals surface area contributed by atoms with Gasteiger partial charge in [0.05, 0.1) is 0 Å². The van der Waals surface area contributed by atoms with Crippen LogP contribution in [0.15, 0.2) is 54.6 Å². The molecule has 0 amide bonds. The van der Waals surface area contributed by atoms with Crippen molar-refractivity contribution in [1.82, 2.24) is 0 Å². The van der Waals surface area contributed by atoms with Crippen molar-refractivity contribution in [3.8, 4) is 11.1 Å². The average Bonchev–Trinajstić information content (AvgIpc) is 2.40. The summed E-state index contributed by atoms with van der Waals surface area (Å²) in [6.07, 6.45) is 2.15. The minimum Gasteiger partial charge on any atom is -0.330 e. The van der Waals surface area contributed by atoms with Gasteiger partial charge in [-0.2, -0.15) is 0 Å². The van der Waals surface area contributed by atoms with E-state index in [9.17, 15) is 0 Å². The molecule has 1 heteroatoms. The Morgan fingerprint density at radius 3 is 2.00 bits per heavy atom. The fourth-order valence-electron chi connectivity index (χ4n) is 2.48. The molecule has 0 bridgehead atoms. The van der Waals surface area contributed by atoms with Crippen LogP contribution in [0.4, 0.5) is 0 Å². The fourth-order valence-corrected chi connectivity index (χ4v) is 2.48. The second-order valence-electron chi connectivity index (χ2n) is 5.94. The Labute approximate surface area is 116 Å². The number of hydrogen-bond acceptors (Lipinski definition) is 1. The first kappa shape index (κ1) is 13.8. The Kier molecular flexibility index (Phi) is 4.39. The van der Waals surface area contributed by atoms with Crippen LogP contribution < -0.4 is 5.73 Å². The molecule has 0 heterocycles. The predicted molar refractivity (Wildman–Crippen MR) is 83.0 cm³/mol. The molecular formula is C18H23N. The van der Waals surface area contributed by atoms with Crippen LogP contribution in [0.1, 0.15) is 25.8 Å². The maximum absolute atomic E-state index is 5.67. The third-order valence-corrected chi connectivity index (χ3v) is 3.56. The lowest BCUT2D eigenvalue weighted by Gasteiger charge is -2.24. The van der Waals surface area contributed by atoms with E-state index < -0.39 is 0 Å². The summed E-state index contributed by atoms with van der Waals surface area (Å²) in [5.41, 5.74) is 9.89. The summed E-state index contributed by atoms with van der Waals surface area (Å²) in [6.45, 7) is 5.32. The van der Waals surface area contributed by atoms with Gasteiger partial charge >= 0.3 is 0 Å². The first-order valence-electron chi connectivity index (χ1n) is 6.95. The molecule has 0 atom stereocenters. The van der Waals surface area contributed by atoms with E-state index in [0.29, 0.717) is 0 Å². The van der Waals surface area contributed by atoms with Crippen molar-refractivity contribution in [3.05, 3.63) is 60.2 Å². The number of nitrogens with two attached hydrogens (primary N) is 1. The lowest BCUT2D eigenvalue weighted by Crippen LogP contribution is -2.19. The summed E-state index contributed by atoms with van der Waals surface area (Å²) in [6, 6.07) is 19.4. The van der Waals surface area contributed by atoms with Crippen molar-refractivity contribution in [3.63, 3.8) is 0 Å². The molecule has 100 valence electrons. The van der Waals surface area contributed by atoms with E-state index in [1.165, 1.54) is 16.7 Å². The second-order valence-corrected chi connectivity index (χ2v) is 5.94. The molecule has 0 radical (unpaired) electrons. The molecule has 2 N–H and O–H groups in total. The molecule has 2 aromatic rings. The van der Waals surface area contributed by atoms with Crippen LogP contribution in [0.2, 0.25) is 0 Å². The maximum atomic E-state index is 5.67. The molecule has 2 rings (SSSR count). The summed E-state index contributed by atoms with van der Waals surface area (Å²) in [7, 11) is 0. The van der Waals surface area contributed by atoms with Crippen molar-refractivity contribution in [2.24, 2.45) is 11.1 Å². The van der Waals surface area contributed by atoms with Crippen LogP contribution in [0.5, 0.6) is 0 Å². The maximum Gasteiger partial charge on any atom is -0.00721 e. The highest BCUT2D eigenvalue weighted by Gasteiger charge is 2.17. The van der Waals surface area contributed by atoms with Gasteiger partial charge < -0.3 is 5.73 Å². The van der Waals surface area contributed by atoms with Crippen LogP contribution >= 0.6 is 0 Å². The molecule has 0 fully saturated rings. The zero-order valence-electron chi connectivity index (χ0n) is 11.9. The highest BCUT2D eigenvalue weighted by atomic mass is 14.5. The molecular weight excluding hydrogens is 230 g/mol. The Bertz CT molecular complexity index is 497. The van der Waals surface area contributed by atoms with Crippen molar-refractivity contribution < 1.29 is 0 Å². The van der Waals surface area contributed by atoms with Crippen LogP contribution in [0.3, 0.4) is 0 Å². The summed E-state index contributed by atoms with van der Waals surface area (Å²) in [4.78, 5) is 0. The molecule has 0 aliphatic carbocycles. The van der Waals surface area contributed by atoms with Crippen molar-refractivity contribution in [1.29, 1.82) is 0 Å². The van der Waals surface area contributed by atoms with Crippen LogP contribution in [0, 0.1) is 5.41 Å².